The van der Waals surface area contributed by atoms with E-state index in [9.17, 15) is 0 Å². The fourth-order valence-corrected chi connectivity index (χ4v) is 0. The van der Waals surface area contributed by atoms with Gasteiger partial charge in [0.15, 0.2) is 0 Å². The number of rotatable bonds is 0. The minimum atomic E-state index is -4.61. The van der Waals surface area contributed by atoms with E-state index in [0.717, 1.165) is 0 Å². The second kappa shape index (κ2) is 6.08. The molecule has 0 aromatic heterocycles. The van der Waals surface area contributed by atoms with Gasteiger partial charge in [-0.25, -0.2) is 0 Å². The monoisotopic (exact) mass is 329 g/mol. The van der Waals surface area contributed by atoms with Crippen LogP contribution >= 0.6 is 0 Å². The Labute approximate surface area is 64.7 Å². The van der Waals surface area contributed by atoms with Crippen molar-refractivity contribution in [2.24, 2.45) is 0 Å². The summed E-state index contributed by atoms with van der Waals surface area (Å²) < 4.78 is 4.44. The molecule has 0 saturated heterocycles. The molecule has 5 nitrogen and oxygen atoms in total. The van der Waals surface area contributed by atoms with E-state index in [0.29, 0.717) is 26.6 Å². The molecule has 0 aliphatic rings. The molecule has 0 radical (unpaired) electrons. The third kappa shape index (κ3) is 272. The zero-order valence-electron chi connectivity index (χ0n) is 4.40. The molecule has 8 heavy (non-hydrogen) atoms. The van der Waals surface area contributed by atoms with Gasteiger partial charge in [0.2, 0.25) is 0 Å². The molecule has 0 aliphatic heterocycles. The van der Waals surface area contributed by atoms with E-state index in [4.69, 9.17) is 19.2 Å². The molecule has 4 N–H and O–H groups in total. The maximum atomic E-state index is 7.33. The molecule has 0 unspecified atom stereocenters. The zero-order valence-corrected chi connectivity index (χ0v) is 10.9. The maximum Gasteiger partial charge on any atom is 0.668 e. The van der Waals surface area contributed by atoms with E-state index in [1.165, 1.54) is 0 Å². The van der Waals surface area contributed by atoms with E-state index >= 15 is 0 Å². The van der Waals surface area contributed by atoms with Gasteiger partial charge in [0.05, 0.1) is 0 Å². The van der Waals surface area contributed by atoms with Gasteiger partial charge in [-0.05, 0) is 0 Å². The van der Waals surface area contributed by atoms with Gasteiger partial charge in [-0.2, -0.15) is 0 Å². The molecule has 0 heterocycles. The Kier molecular flexibility index (Phi) is 8.90. The standard InChI is InChI=1S/CH3O.Hg.H4O4Si/c1-2;;1-5(2,3)4/h1H3;;1-4H/q-1;+1;. The summed E-state index contributed by atoms with van der Waals surface area (Å²) in [6.07, 6.45) is 0. The number of hydrogen-bond acceptors (Lipinski definition) is 5. The van der Waals surface area contributed by atoms with Crippen molar-refractivity contribution < 1.29 is 48.4 Å². The van der Waals surface area contributed by atoms with E-state index in [1.54, 1.807) is 7.11 Å². The summed E-state index contributed by atoms with van der Waals surface area (Å²) in [6, 6.07) is 0. The van der Waals surface area contributed by atoms with Gasteiger partial charge in [0.1, 0.15) is 0 Å². The molecule has 0 rings (SSSR count). The fraction of sp³-hybridized carbons (Fsp3) is 1.00. The van der Waals surface area contributed by atoms with Crippen molar-refractivity contribution in [1.29, 1.82) is 0 Å². The molecule has 0 aromatic rings. The van der Waals surface area contributed by atoms with Gasteiger partial charge in [-0.3, -0.25) is 0 Å². The van der Waals surface area contributed by atoms with Gasteiger partial charge >= 0.3 is 45.4 Å². The molecule has 0 fully saturated rings. The summed E-state index contributed by atoms with van der Waals surface area (Å²) in [5.74, 6) is 0. The van der Waals surface area contributed by atoms with Crippen LogP contribution in [0.15, 0.2) is 0 Å². The van der Waals surface area contributed by atoms with Crippen LogP contribution in [-0.4, -0.2) is 35.3 Å². The summed E-state index contributed by atoms with van der Waals surface area (Å²) in [6.45, 7) is 0. The molecule has 0 bridgehead atoms. The Bertz CT molecular complexity index is 36.2. The van der Waals surface area contributed by atoms with Crippen LogP contribution < -0.4 is 0 Å². The quantitative estimate of drug-likeness (QED) is 0.369. The summed E-state index contributed by atoms with van der Waals surface area (Å²) in [5.41, 5.74) is 0. The summed E-state index contributed by atoms with van der Waals surface area (Å²) in [7, 11) is -2.90. The van der Waals surface area contributed by atoms with E-state index in [1.807, 2.05) is 0 Å². The van der Waals surface area contributed by atoms with Crippen molar-refractivity contribution in [3.8, 4) is 0 Å². The Balaban J connectivity index is 0. The Morgan fingerprint density at radius 3 is 1.25 bits per heavy atom. The van der Waals surface area contributed by atoms with Crippen LogP contribution in [-0.2, 0) is 29.2 Å². The van der Waals surface area contributed by atoms with Gasteiger partial charge < -0.3 is 19.2 Å². The first kappa shape index (κ1) is 11.7. The molecular formula is CH7HgO5Si. The second-order valence-corrected chi connectivity index (χ2v) is 4.33. The maximum absolute atomic E-state index is 7.33. The Morgan fingerprint density at radius 1 is 1.25 bits per heavy atom. The van der Waals surface area contributed by atoms with Gasteiger partial charge in [0, 0.05) is 0 Å². The van der Waals surface area contributed by atoms with Crippen molar-refractivity contribution in [1.82, 2.24) is 0 Å². The first-order chi connectivity index (χ1) is 3.41. The molecular weight excluding hydrogens is 321 g/mol. The Hall–Kier alpha value is 0.952. The fourth-order valence-electron chi connectivity index (χ4n) is 0. The molecule has 0 amide bonds. The van der Waals surface area contributed by atoms with Gasteiger partial charge in [-0.1, -0.05) is 0 Å². The van der Waals surface area contributed by atoms with Crippen LogP contribution in [0.25, 0.3) is 0 Å². The molecule has 0 aromatic carbocycles. The van der Waals surface area contributed by atoms with Crippen LogP contribution in [0.1, 0.15) is 0 Å². The van der Waals surface area contributed by atoms with Crippen LogP contribution in [0.3, 0.4) is 0 Å². The van der Waals surface area contributed by atoms with Crippen molar-refractivity contribution in [2.45, 2.75) is 0 Å². The third-order valence-corrected chi connectivity index (χ3v) is 0. The summed E-state index contributed by atoms with van der Waals surface area (Å²) in [5, 5.41) is 0. The van der Waals surface area contributed by atoms with E-state index in [-0.39, 0.29) is 0 Å². The second-order valence-electron chi connectivity index (χ2n) is 0.889. The van der Waals surface area contributed by atoms with Crippen LogP contribution in [0.5, 0.6) is 0 Å². The average Bonchev–Trinajstić information content (AvgIpc) is 1.27. The van der Waals surface area contributed by atoms with Gasteiger partial charge in [0.25, 0.3) is 0 Å². The zero-order chi connectivity index (χ0) is 7.21. The van der Waals surface area contributed by atoms with Gasteiger partial charge in [-0.15, -0.1) is 0 Å². The predicted molar refractivity (Wildman–Crippen MR) is 21.6 cm³/mol. The largest absolute Gasteiger partial charge is 0.668 e. The van der Waals surface area contributed by atoms with Crippen molar-refractivity contribution in [3.63, 3.8) is 0 Å². The SMILES string of the molecule is C[O][Hg].O[Si](O)(O)O. The first-order valence-corrected chi connectivity index (χ1v) is 5.62. The molecule has 0 saturated carbocycles. The van der Waals surface area contributed by atoms with Crippen LogP contribution in [0.4, 0.5) is 0 Å². The minimum absolute atomic E-state index is 0.566. The minimum Gasteiger partial charge on any atom is -0.368 e. The normalized spacial score (nSPS) is 9.88. The van der Waals surface area contributed by atoms with Crippen molar-refractivity contribution in [3.05, 3.63) is 0 Å². The summed E-state index contributed by atoms with van der Waals surface area (Å²) >= 11 is 0.566. The van der Waals surface area contributed by atoms with Crippen molar-refractivity contribution in [2.75, 3.05) is 7.11 Å². The smallest absolute Gasteiger partial charge is 0.368 e. The third-order valence-electron chi connectivity index (χ3n) is 0. The molecule has 47 valence electrons. The molecule has 7 heteroatoms. The van der Waals surface area contributed by atoms with Crippen LogP contribution in [0, 0.1) is 0 Å². The number of hydrogen-bond donors (Lipinski definition) is 4. The molecule has 0 atom stereocenters. The first-order valence-electron chi connectivity index (χ1n) is 1.59. The predicted octanol–water partition coefficient (Wildman–Crippen LogP) is -2.51. The summed E-state index contributed by atoms with van der Waals surface area (Å²) in [4.78, 5) is 29.3. The van der Waals surface area contributed by atoms with E-state index in [2.05, 4.69) is 2.64 Å². The molecule has 0 spiro atoms. The van der Waals surface area contributed by atoms with E-state index < -0.39 is 9.05 Å². The Morgan fingerprint density at radius 2 is 1.25 bits per heavy atom. The molecule has 0 aliphatic carbocycles. The topological polar surface area (TPSA) is 90.2 Å². The van der Waals surface area contributed by atoms with Crippen molar-refractivity contribution >= 4 is 9.05 Å². The average molecular weight is 328 g/mol. The van der Waals surface area contributed by atoms with Crippen LogP contribution in [0.2, 0.25) is 0 Å².